The number of nitrogens with two attached hydrogens (primary N) is 1. The Bertz CT molecular complexity index is 543. The van der Waals surface area contributed by atoms with Crippen molar-refractivity contribution in [1.82, 2.24) is 4.98 Å². The van der Waals surface area contributed by atoms with Crippen LogP contribution in [0.1, 0.15) is 17.0 Å². The van der Waals surface area contributed by atoms with Crippen molar-refractivity contribution in [1.29, 1.82) is 0 Å². The lowest BCUT2D eigenvalue weighted by Crippen LogP contribution is -2.04. The SMILES string of the molecule is Cc1cc(OCc2cccc(CN)n2)ccc1Cl. The largest absolute Gasteiger partial charge is 0.487 e. The van der Waals surface area contributed by atoms with Crippen LogP contribution in [-0.4, -0.2) is 4.98 Å². The molecule has 0 fully saturated rings. The molecule has 0 saturated heterocycles. The second-order valence-corrected chi connectivity index (χ2v) is 4.43. The van der Waals surface area contributed by atoms with Gasteiger partial charge in [0.25, 0.3) is 0 Å². The van der Waals surface area contributed by atoms with Crippen molar-refractivity contribution in [3.05, 3.63) is 58.4 Å². The summed E-state index contributed by atoms with van der Waals surface area (Å²) in [5.41, 5.74) is 8.27. The highest BCUT2D eigenvalue weighted by Gasteiger charge is 2.01. The van der Waals surface area contributed by atoms with E-state index >= 15 is 0 Å². The van der Waals surface area contributed by atoms with Gasteiger partial charge < -0.3 is 10.5 Å². The number of aryl methyl sites for hydroxylation is 1. The highest BCUT2D eigenvalue weighted by molar-refractivity contribution is 6.31. The number of halogens is 1. The average molecular weight is 263 g/mol. The van der Waals surface area contributed by atoms with E-state index in [1.54, 1.807) is 0 Å². The molecule has 1 aromatic heterocycles. The molecule has 2 rings (SSSR count). The van der Waals surface area contributed by atoms with Gasteiger partial charge in [0, 0.05) is 11.6 Å². The average Bonchev–Trinajstić information content (AvgIpc) is 2.40. The monoisotopic (exact) mass is 262 g/mol. The van der Waals surface area contributed by atoms with Gasteiger partial charge in [0.15, 0.2) is 0 Å². The Labute approximate surface area is 112 Å². The van der Waals surface area contributed by atoms with E-state index in [0.717, 1.165) is 27.7 Å². The normalized spacial score (nSPS) is 10.4. The molecule has 0 radical (unpaired) electrons. The summed E-state index contributed by atoms with van der Waals surface area (Å²) in [6.07, 6.45) is 0. The molecule has 2 N–H and O–H groups in total. The van der Waals surface area contributed by atoms with E-state index in [2.05, 4.69) is 4.98 Å². The first-order valence-electron chi connectivity index (χ1n) is 5.73. The molecular weight excluding hydrogens is 248 g/mol. The number of aromatic nitrogens is 1. The lowest BCUT2D eigenvalue weighted by Gasteiger charge is -2.08. The summed E-state index contributed by atoms with van der Waals surface area (Å²) in [5, 5.41) is 0.741. The summed E-state index contributed by atoms with van der Waals surface area (Å²) in [5.74, 6) is 0.789. The van der Waals surface area contributed by atoms with Crippen LogP contribution in [0.3, 0.4) is 0 Å². The molecule has 4 heteroatoms. The van der Waals surface area contributed by atoms with Crippen LogP contribution in [0.15, 0.2) is 36.4 Å². The second-order valence-electron chi connectivity index (χ2n) is 4.02. The van der Waals surface area contributed by atoms with Crippen molar-refractivity contribution in [3.63, 3.8) is 0 Å². The number of hydrogen-bond donors (Lipinski definition) is 1. The molecule has 0 aliphatic carbocycles. The number of pyridine rings is 1. The van der Waals surface area contributed by atoms with Crippen LogP contribution >= 0.6 is 11.6 Å². The third-order valence-electron chi connectivity index (χ3n) is 2.59. The predicted molar refractivity (Wildman–Crippen MR) is 72.6 cm³/mol. The van der Waals surface area contributed by atoms with Gasteiger partial charge in [0.1, 0.15) is 12.4 Å². The fourth-order valence-electron chi connectivity index (χ4n) is 1.59. The van der Waals surface area contributed by atoms with E-state index in [0.29, 0.717) is 13.2 Å². The van der Waals surface area contributed by atoms with Crippen molar-refractivity contribution >= 4 is 11.6 Å². The number of nitrogens with zero attached hydrogens (tertiary/aromatic N) is 1. The van der Waals surface area contributed by atoms with Crippen molar-refractivity contribution in [2.75, 3.05) is 0 Å². The Hall–Kier alpha value is -1.58. The van der Waals surface area contributed by atoms with Crippen molar-refractivity contribution in [2.24, 2.45) is 5.73 Å². The smallest absolute Gasteiger partial charge is 0.130 e. The maximum atomic E-state index is 5.96. The van der Waals surface area contributed by atoms with Gasteiger partial charge in [-0.2, -0.15) is 0 Å². The van der Waals surface area contributed by atoms with Crippen LogP contribution in [0.4, 0.5) is 0 Å². The number of ether oxygens (including phenoxy) is 1. The highest BCUT2D eigenvalue weighted by atomic mass is 35.5. The zero-order valence-corrected chi connectivity index (χ0v) is 10.9. The lowest BCUT2D eigenvalue weighted by atomic mass is 10.2. The summed E-state index contributed by atoms with van der Waals surface area (Å²) in [6.45, 7) is 2.81. The first-order valence-corrected chi connectivity index (χ1v) is 6.10. The molecule has 2 aromatic rings. The van der Waals surface area contributed by atoms with Gasteiger partial charge in [0.2, 0.25) is 0 Å². The minimum Gasteiger partial charge on any atom is -0.487 e. The van der Waals surface area contributed by atoms with E-state index in [1.165, 1.54) is 0 Å². The maximum absolute atomic E-state index is 5.96. The number of hydrogen-bond acceptors (Lipinski definition) is 3. The molecule has 1 aromatic carbocycles. The van der Waals surface area contributed by atoms with Crippen molar-refractivity contribution in [3.8, 4) is 5.75 Å². The molecular formula is C14H15ClN2O. The fourth-order valence-corrected chi connectivity index (χ4v) is 1.71. The molecule has 0 unspecified atom stereocenters. The van der Waals surface area contributed by atoms with Crippen LogP contribution in [-0.2, 0) is 13.2 Å². The molecule has 18 heavy (non-hydrogen) atoms. The number of rotatable bonds is 4. The van der Waals surface area contributed by atoms with E-state index in [1.807, 2.05) is 43.3 Å². The summed E-state index contributed by atoms with van der Waals surface area (Å²) >= 11 is 5.96. The molecule has 0 aliphatic rings. The minimum absolute atomic E-state index is 0.426. The van der Waals surface area contributed by atoms with Crippen LogP contribution in [0.2, 0.25) is 5.02 Å². The van der Waals surface area contributed by atoms with Gasteiger partial charge in [-0.15, -0.1) is 0 Å². The van der Waals surface area contributed by atoms with E-state index in [9.17, 15) is 0 Å². The number of benzene rings is 1. The summed E-state index contributed by atoms with van der Waals surface area (Å²) in [7, 11) is 0. The standard InChI is InChI=1S/C14H15ClN2O/c1-10-7-13(5-6-14(10)15)18-9-12-4-2-3-11(8-16)17-12/h2-7H,8-9,16H2,1H3. The molecule has 3 nitrogen and oxygen atoms in total. The van der Waals surface area contributed by atoms with E-state index < -0.39 is 0 Å². The van der Waals surface area contributed by atoms with Crippen LogP contribution in [0.25, 0.3) is 0 Å². The van der Waals surface area contributed by atoms with Gasteiger partial charge in [0.05, 0.1) is 11.4 Å². The van der Waals surface area contributed by atoms with Gasteiger partial charge >= 0.3 is 0 Å². The molecule has 1 heterocycles. The van der Waals surface area contributed by atoms with Crippen LogP contribution < -0.4 is 10.5 Å². The Balaban J connectivity index is 2.04. The molecule has 0 saturated carbocycles. The Morgan fingerprint density at radius 2 is 2.00 bits per heavy atom. The van der Waals surface area contributed by atoms with Gasteiger partial charge in [-0.05, 0) is 42.8 Å². The Morgan fingerprint density at radius 1 is 1.22 bits per heavy atom. The zero-order valence-electron chi connectivity index (χ0n) is 10.2. The predicted octanol–water partition coefficient (Wildman–Crippen LogP) is 3.08. The third kappa shape index (κ3) is 3.22. The van der Waals surface area contributed by atoms with Crippen molar-refractivity contribution < 1.29 is 4.74 Å². The zero-order chi connectivity index (χ0) is 13.0. The summed E-state index contributed by atoms with van der Waals surface area (Å²) in [4.78, 5) is 4.37. The van der Waals surface area contributed by atoms with Crippen molar-refractivity contribution in [2.45, 2.75) is 20.1 Å². The Morgan fingerprint density at radius 3 is 2.72 bits per heavy atom. The molecule has 0 amide bonds. The Kier molecular flexibility index (Phi) is 4.18. The van der Waals surface area contributed by atoms with Crippen LogP contribution in [0, 0.1) is 6.92 Å². The first kappa shape index (κ1) is 12.9. The summed E-state index contributed by atoms with van der Waals surface area (Å²) in [6, 6.07) is 11.3. The topological polar surface area (TPSA) is 48.1 Å². The quantitative estimate of drug-likeness (QED) is 0.921. The fraction of sp³-hybridized carbons (Fsp3) is 0.214. The molecule has 0 bridgehead atoms. The van der Waals surface area contributed by atoms with Gasteiger partial charge in [-0.1, -0.05) is 17.7 Å². The van der Waals surface area contributed by atoms with Gasteiger partial charge in [-0.3, -0.25) is 4.98 Å². The first-order chi connectivity index (χ1) is 8.69. The molecule has 94 valence electrons. The maximum Gasteiger partial charge on any atom is 0.130 e. The van der Waals surface area contributed by atoms with Gasteiger partial charge in [-0.25, -0.2) is 0 Å². The minimum atomic E-state index is 0.426. The molecule has 0 spiro atoms. The van der Waals surface area contributed by atoms with Crippen LogP contribution in [0.5, 0.6) is 5.75 Å². The molecule has 0 atom stereocenters. The van der Waals surface area contributed by atoms with E-state index in [4.69, 9.17) is 22.1 Å². The lowest BCUT2D eigenvalue weighted by molar-refractivity contribution is 0.301. The molecule has 0 aliphatic heterocycles. The highest BCUT2D eigenvalue weighted by Crippen LogP contribution is 2.21. The van der Waals surface area contributed by atoms with E-state index in [-0.39, 0.29) is 0 Å². The third-order valence-corrected chi connectivity index (χ3v) is 3.01. The summed E-state index contributed by atoms with van der Waals surface area (Å²) < 4.78 is 5.67. The second kappa shape index (κ2) is 5.85.